The SMILES string of the molecule is Cc1ccc(OCCn2cc(/C=C3\C(=N)N4N=C(C(F)(F)F)SC4=NC3=O)c3ccccc32)cc1. The lowest BCUT2D eigenvalue weighted by atomic mass is 10.1. The molecular formula is C24H18F3N5O2S. The van der Waals surface area contributed by atoms with Crippen molar-refractivity contribution in [3.8, 4) is 5.75 Å². The summed E-state index contributed by atoms with van der Waals surface area (Å²) in [4.78, 5) is 16.3. The van der Waals surface area contributed by atoms with Gasteiger partial charge in [0.1, 0.15) is 12.4 Å². The average Bonchev–Trinajstić information content (AvgIpc) is 3.40. The van der Waals surface area contributed by atoms with Gasteiger partial charge < -0.3 is 9.30 Å². The van der Waals surface area contributed by atoms with Crippen LogP contribution in [0.5, 0.6) is 5.75 Å². The summed E-state index contributed by atoms with van der Waals surface area (Å²) >= 11 is 0.226. The van der Waals surface area contributed by atoms with Crippen LogP contribution < -0.4 is 4.74 Å². The Morgan fingerprint density at radius 2 is 1.89 bits per heavy atom. The Bertz CT molecular complexity index is 1440. The Hall–Kier alpha value is -3.86. The minimum Gasteiger partial charge on any atom is -0.492 e. The van der Waals surface area contributed by atoms with Crippen LogP contribution in [-0.4, -0.2) is 44.3 Å². The lowest BCUT2D eigenvalue weighted by molar-refractivity contribution is -0.114. The van der Waals surface area contributed by atoms with Gasteiger partial charge in [0, 0.05) is 22.7 Å². The number of nitrogens with one attached hydrogen (secondary N) is 1. The van der Waals surface area contributed by atoms with E-state index in [0.29, 0.717) is 18.7 Å². The molecule has 0 aliphatic carbocycles. The van der Waals surface area contributed by atoms with Gasteiger partial charge in [-0.1, -0.05) is 35.9 Å². The molecule has 0 atom stereocenters. The first-order valence-corrected chi connectivity index (χ1v) is 11.4. The minimum atomic E-state index is -4.69. The van der Waals surface area contributed by atoms with Crippen LogP contribution in [0.25, 0.3) is 17.0 Å². The van der Waals surface area contributed by atoms with E-state index in [0.717, 1.165) is 27.2 Å². The number of aromatic nitrogens is 1. The fourth-order valence-electron chi connectivity index (χ4n) is 3.73. The zero-order chi connectivity index (χ0) is 24.7. The number of hydrazone groups is 1. The number of aliphatic imine (C=N–C) groups is 1. The van der Waals surface area contributed by atoms with E-state index in [4.69, 9.17) is 10.1 Å². The largest absolute Gasteiger partial charge is 0.492 e. The summed E-state index contributed by atoms with van der Waals surface area (Å²) in [6.07, 6.45) is -1.40. The molecule has 0 bridgehead atoms. The second-order valence-electron chi connectivity index (χ2n) is 7.88. The number of carbonyl (C=O) groups is 1. The van der Waals surface area contributed by atoms with Gasteiger partial charge in [-0.2, -0.15) is 28.3 Å². The van der Waals surface area contributed by atoms with Crippen molar-refractivity contribution in [2.24, 2.45) is 10.1 Å². The van der Waals surface area contributed by atoms with E-state index in [1.165, 1.54) is 6.08 Å². The molecule has 0 spiro atoms. The first-order chi connectivity index (χ1) is 16.7. The molecule has 0 saturated heterocycles. The van der Waals surface area contributed by atoms with Crippen LogP contribution in [0.4, 0.5) is 13.2 Å². The Balaban J connectivity index is 1.43. The molecule has 178 valence electrons. The lowest BCUT2D eigenvalue weighted by Crippen LogP contribution is -2.35. The number of fused-ring (bicyclic) bond motifs is 2. The number of aryl methyl sites for hydroxylation is 1. The maximum absolute atomic E-state index is 13.1. The number of benzene rings is 2. The standard InChI is InChI=1S/C24H18F3N5O2S/c1-14-6-8-16(9-7-14)34-11-10-31-13-15(17-4-2-3-5-19(17)31)12-18-20(28)32-23(29-21(18)33)35-22(30-32)24(25,26)27/h2-9,12-13,28H,10-11H2,1H3/b18-12+,28-20?. The van der Waals surface area contributed by atoms with Crippen LogP contribution in [0.2, 0.25) is 0 Å². The van der Waals surface area contributed by atoms with E-state index in [9.17, 15) is 18.0 Å². The fourth-order valence-corrected chi connectivity index (χ4v) is 4.49. The third kappa shape index (κ3) is 4.46. The van der Waals surface area contributed by atoms with Crippen LogP contribution in [0, 0.1) is 12.3 Å². The average molecular weight is 498 g/mol. The molecule has 0 radical (unpaired) electrons. The molecule has 1 amide bonds. The molecule has 2 aliphatic rings. The summed E-state index contributed by atoms with van der Waals surface area (Å²) in [6, 6.07) is 15.3. The number of amidine groups is 2. The van der Waals surface area contributed by atoms with Gasteiger partial charge in [0.05, 0.1) is 12.1 Å². The highest BCUT2D eigenvalue weighted by atomic mass is 32.2. The molecule has 0 unspecified atom stereocenters. The molecular weight excluding hydrogens is 479 g/mol. The molecule has 2 aromatic carbocycles. The maximum atomic E-state index is 13.1. The molecule has 7 nitrogen and oxygen atoms in total. The van der Waals surface area contributed by atoms with Gasteiger partial charge in [-0.3, -0.25) is 10.2 Å². The third-order valence-electron chi connectivity index (χ3n) is 5.44. The van der Waals surface area contributed by atoms with Crippen LogP contribution >= 0.6 is 11.8 Å². The number of rotatable bonds is 5. The van der Waals surface area contributed by atoms with E-state index < -0.39 is 23.0 Å². The summed E-state index contributed by atoms with van der Waals surface area (Å²) < 4.78 is 47.0. The second-order valence-corrected chi connectivity index (χ2v) is 8.84. The van der Waals surface area contributed by atoms with Crippen molar-refractivity contribution in [3.05, 3.63) is 71.4 Å². The molecule has 0 saturated carbocycles. The van der Waals surface area contributed by atoms with Crippen LogP contribution in [0.1, 0.15) is 11.1 Å². The Labute approximate surface area is 202 Å². The summed E-state index contributed by atoms with van der Waals surface area (Å²) in [5.41, 5.74) is 2.52. The van der Waals surface area contributed by atoms with Crippen LogP contribution in [0.15, 0.2) is 70.4 Å². The number of hydrogen-bond donors (Lipinski definition) is 1. The third-order valence-corrected chi connectivity index (χ3v) is 6.39. The zero-order valence-electron chi connectivity index (χ0n) is 18.3. The lowest BCUT2D eigenvalue weighted by Gasteiger charge is -2.20. The zero-order valence-corrected chi connectivity index (χ0v) is 19.2. The van der Waals surface area contributed by atoms with E-state index >= 15 is 0 Å². The van der Waals surface area contributed by atoms with Gasteiger partial charge in [-0.25, -0.2) is 0 Å². The van der Waals surface area contributed by atoms with Crippen molar-refractivity contribution in [2.45, 2.75) is 19.6 Å². The topological polar surface area (TPSA) is 83.0 Å². The fraction of sp³-hybridized carbons (Fsp3) is 0.167. The minimum absolute atomic E-state index is 0.139. The first-order valence-electron chi connectivity index (χ1n) is 10.6. The number of halogens is 3. The van der Waals surface area contributed by atoms with E-state index in [-0.39, 0.29) is 22.5 Å². The highest BCUT2D eigenvalue weighted by Gasteiger charge is 2.46. The molecule has 3 heterocycles. The van der Waals surface area contributed by atoms with E-state index in [2.05, 4.69) is 10.1 Å². The van der Waals surface area contributed by atoms with Crippen molar-refractivity contribution in [1.29, 1.82) is 5.41 Å². The van der Waals surface area contributed by atoms with Gasteiger partial charge >= 0.3 is 6.18 Å². The number of nitrogens with zero attached hydrogens (tertiary/aromatic N) is 4. The summed E-state index contributed by atoms with van der Waals surface area (Å²) in [5, 5.41) is 11.9. The van der Waals surface area contributed by atoms with Crippen LogP contribution in [0.3, 0.4) is 0 Å². The number of ether oxygens (including phenoxy) is 1. The Morgan fingerprint density at radius 1 is 1.14 bits per heavy atom. The number of alkyl halides is 3. The molecule has 1 N–H and O–H groups in total. The molecule has 11 heteroatoms. The van der Waals surface area contributed by atoms with Gasteiger partial charge in [-0.05, 0) is 43.0 Å². The van der Waals surface area contributed by atoms with Gasteiger partial charge in [0.25, 0.3) is 5.91 Å². The van der Waals surface area contributed by atoms with E-state index in [1.54, 1.807) is 0 Å². The number of hydrogen-bond acceptors (Lipinski definition) is 5. The van der Waals surface area contributed by atoms with Crippen molar-refractivity contribution in [3.63, 3.8) is 0 Å². The maximum Gasteiger partial charge on any atom is 0.441 e. The van der Waals surface area contributed by atoms with Crippen molar-refractivity contribution in [2.75, 3.05) is 6.61 Å². The predicted octanol–water partition coefficient (Wildman–Crippen LogP) is 5.21. The smallest absolute Gasteiger partial charge is 0.441 e. The number of carbonyl (C=O) groups excluding carboxylic acids is 1. The van der Waals surface area contributed by atoms with Crippen LogP contribution in [-0.2, 0) is 11.3 Å². The number of thioether (sulfide) groups is 1. The second kappa shape index (κ2) is 8.73. The summed E-state index contributed by atoms with van der Waals surface area (Å²) in [7, 11) is 0. The monoisotopic (exact) mass is 497 g/mol. The molecule has 5 rings (SSSR count). The summed E-state index contributed by atoms with van der Waals surface area (Å²) in [6.45, 7) is 2.92. The molecule has 0 fully saturated rings. The Kier molecular flexibility index (Phi) is 5.72. The molecule has 2 aliphatic heterocycles. The molecule has 1 aromatic heterocycles. The first kappa shape index (κ1) is 22.9. The van der Waals surface area contributed by atoms with Gasteiger partial charge in [0.15, 0.2) is 5.84 Å². The highest BCUT2D eigenvalue weighted by molar-refractivity contribution is 8.27. The van der Waals surface area contributed by atoms with Gasteiger partial charge in [0.2, 0.25) is 10.2 Å². The molecule has 35 heavy (non-hydrogen) atoms. The predicted molar refractivity (Wildman–Crippen MR) is 130 cm³/mol. The van der Waals surface area contributed by atoms with Crippen molar-refractivity contribution in [1.82, 2.24) is 9.58 Å². The van der Waals surface area contributed by atoms with Crippen molar-refractivity contribution >= 4 is 50.7 Å². The number of amides is 1. The van der Waals surface area contributed by atoms with Crippen molar-refractivity contribution < 1.29 is 22.7 Å². The summed E-state index contributed by atoms with van der Waals surface area (Å²) in [5.74, 6) is -0.482. The van der Waals surface area contributed by atoms with E-state index in [1.807, 2.05) is 66.2 Å². The highest BCUT2D eigenvalue weighted by Crippen LogP contribution is 2.35. The number of para-hydroxylation sites is 1. The Morgan fingerprint density at radius 3 is 2.63 bits per heavy atom. The quantitative estimate of drug-likeness (QED) is 0.491. The van der Waals surface area contributed by atoms with Gasteiger partial charge in [-0.15, -0.1) is 0 Å². The molecule has 3 aromatic rings. The normalized spacial score (nSPS) is 17.1.